The predicted molar refractivity (Wildman–Crippen MR) is 115 cm³/mol. The maximum Gasteiger partial charge on any atom is 0.327 e. The zero-order valence-corrected chi connectivity index (χ0v) is 18.5. The Kier molecular flexibility index (Phi) is 6.49. The fourth-order valence-corrected chi connectivity index (χ4v) is 5.68. The third-order valence-corrected chi connectivity index (χ3v) is 7.44. The lowest BCUT2D eigenvalue weighted by Gasteiger charge is -2.50. The fraction of sp³-hybridized carbons (Fsp3) is 0.571. The molecule has 3 fully saturated rings. The summed E-state index contributed by atoms with van der Waals surface area (Å²) in [4.78, 5) is 42.7. The molecule has 1 aromatic rings. The highest BCUT2D eigenvalue weighted by molar-refractivity contribution is 8.00. The van der Waals surface area contributed by atoms with Crippen LogP contribution in [-0.2, 0) is 9.59 Å². The number of hydrogen-bond donors (Lipinski definition) is 2. The van der Waals surface area contributed by atoms with E-state index in [9.17, 15) is 18.8 Å². The van der Waals surface area contributed by atoms with E-state index in [2.05, 4.69) is 10.6 Å². The highest BCUT2D eigenvalue weighted by atomic mass is 32.2. The molecule has 3 saturated heterocycles. The molecule has 0 saturated carbocycles. The normalized spacial score (nSPS) is 29.2. The summed E-state index contributed by atoms with van der Waals surface area (Å²) in [5.74, 6) is -0.933. The summed E-state index contributed by atoms with van der Waals surface area (Å²) in [5, 5.41) is 6.23. The Bertz CT molecular complexity index is 865. The lowest BCUT2D eigenvalue weighted by Crippen LogP contribution is -2.72. The van der Waals surface area contributed by atoms with Crippen molar-refractivity contribution in [2.24, 2.45) is 5.92 Å². The molecule has 0 aromatic heterocycles. The van der Waals surface area contributed by atoms with Gasteiger partial charge >= 0.3 is 6.03 Å². The number of piperidine rings is 1. The second-order valence-electron chi connectivity index (χ2n) is 8.26. The summed E-state index contributed by atoms with van der Waals surface area (Å²) in [6, 6.07) is 5.80. The molecule has 4 rings (SSSR count). The van der Waals surface area contributed by atoms with Crippen molar-refractivity contribution in [1.82, 2.24) is 25.3 Å². The Labute approximate surface area is 185 Å². The van der Waals surface area contributed by atoms with Crippen LogP contribution in [0.4, 0.5) is 9.18 Å². The summed E-state index contributed by atoms with van der Waals surface area (Å²) < 4.78 is 13.8. The van der Waals surface area contributed by atoms with Gasteiger partial charge in [0.1, 0.15) is 5.82 Å². The van der Waals surface area contributed by atoms with Gasteiger partial charge in [-0.25, -0.2) is 9.18 Å². The van der Waals surface area contributed by atoms with Crippen LogP contribution in [-0.4, -0.2) is 77.0 Å². The van der Waals surface area contributed by atoms with Crippen molar-refractivity contribution in [3.05, 3.63) is 35.6 Å². The number of carbonyl (C=O) groups excluding carboxylic acids is 3. The molecule has 8 nitrogen and oxygen atoms in total. The molecule has 4 unspecified atom stereocenters. The molecule has 2 N–H and O–H groups in total. The number of rotatable bonds is 4. The number of carbonyl (C=O) groups is 3. The van der Waals surface area contributed by atoms with Gasteiger partial charge in [0.2, 0.25) is 11.8 Å². The zero-order valence-electron chi connectivity index (χ0n) is 17.7. The van der Waals surface area contributed by atoms with Gasteiger partial charge in [0.05, 0.1) is 29.4 Å². The van der Waals surface area contributed by atoms with E-state index in [0.29, 0.717) is 5.56 Å². The standard InChI is InChI=1S/C21H28FN5O3S/c1-25-18-16(20(29)26(2)21(25)30)19(31-12-15(28)27-9-4-3-5-10-27)24-17(23-18)13-7-6-8-14(22)11-13/h6-8,11,16-19,23-24H,3-5,9-10,12H2,1-2H3. The predicted octanol–water partition coefficient (Wildman–Crippen LogP) is 1.55. The Morgan fingerprint density at radius 1 is 1.16 bits per heavy atom. The summed E-state index contributed by atoms with van der Waals surface area (Å²) >= 11 is 1.37. The molecule has 10 heteroatoms. The van der Waals surface area contributed by atoms with Crippen LogP contribution < -0.4 is 10.6 Å². The van der Waals surface area contributed by atoms with Crippen molar-refractivity contribution in [2.45, 2.75) is 37.0 Å². The molecular weight excluding hydrogens is 421 g/mol. The van der Waals surface area contributed by atoms with E-state index in [0.717, 1.165) is 37.3 Å². The second kappa shape index (κ2) is 9.13. The maximum atomic E-state index is 13.8. The number of nitrogens with one attached hydrogen (secondary N) is 2. The summed E-state index contributed by atoms with van der Waals surface area (Å²) in [6.45, 7) is 1.55. The number of benzene rings is 1. The Morgan fingerprint density at radius 3 is 2.61 bits per heavy atom. The monoisotopic (exact) mass is 449 g/mol. The first-order valence-corrected chi connectivity index (χ1v) is 11.6. The van der Waals surface area contributed by atoms with E-state index < -0.39 is 29.7 Å². The molecule has 3 heterocycles. The van der Waals surface area contributed by atoms with Gasteiger partial charge < -0.3 is 9.80 Å². The van der Waals surface area contributed by atoms with Gasteiger partial charge in [-0.1, -0.05) is 12.1 Å². The van der Waals surface area contributed by atoms with Gasteiger partial charge in [-0.2, -0.15) is 0 Å². The summed E-state index contributed by atoms with van der Waals surface area (Å²) in [5.41, 5.74) is 0.665. The molecule has 4 amide bonds. The largest absolute Gasteiger partial charge is 0.342 e. The zero-order chi connectivity index (χ0) is 22.1. The van der Waals surface area contributed by atoms with Crippen LogP contribution in [0, 0.1) is 11.7 Å². The summed E-state index contributed by atoms with van der Waals surface area (Å²) in [7, 11) is 3.11. The number of halogens is 1. The molecule has 31 heavy (non-hydrogen) atoms. The molecule has 4 atom stereocenters. The number of amides is 4. The summed E-state index contributed by atoms with van der Waals surface area (Å²) in [6.07, 6.45) is 2.15. The minimum Gasteiger partial charge on any atom is -0.342 e. The minimum absolute atomic E-state index is 0.0601. The molecule has 0 bridgehead atoms. The van der Waals surface area contributed by atoms with E-state index in [1.54, 1.807) is 19.2 Å². The number of urea groups is 1. The van der Waals surface area contributed by atoms with Crippen LogP contribution in [0.1, 0.15) is 31.0 Å². The highest BCUT2D eigenvalue weighted by Crippen LogP contribution is 2.34. The smallest absolute Gasteiger partial charge is 0.327 e. The topological polar surface area (TPSA) is 85.0 Å². The number of likely N-dealkylation sites (tertiary alicyclic amines) is 1. The van der Waals surface area contributed by atoms with Gasteiger partial charge in [-0.05, 0) is 37.0 Å². The lowest BCUT2D eigenvalue weighted by atomic mass is 9.96. The van der Waals surface area contributed by atoms with Gasteiger partial charge in [-0.15, -0.1) is 11.8 Å². The third-order valence-electron chi connectivity index (χ3n) is 6.23. The number of thioether (sulfide) groups is 1. The van der Waals surface area contributed by atoms with E-state index in [1.165, 1.54) is 35.8 Å². The number of nitrogens with zero attached hydrogens (tertiary/aromatic N) is 3. The molecule has 1 aromatic carbocycles. The van der Waals surface area contributed by atoms with Gasteiger partial charge in [0.25, 0.3) is 0 Å². The fourth-order valence-electron chi connectivity index (χ4n) is 4.47. The van der Waals surface area contributed by atoms with E-state index in [4.69, 9.17) is 0 Å². The van der Waals surface area contributed by atoms with Crippen LogP contribution in [0.3, 0.4) is 0 Å². The van der Waals surface area contributed by atoms with Gasteiger partial charge in [-0.3, -0.25) is 25.1 Å². The molecule has 0 radical (unpaired) electrons. The Hall–Kier alpha value is -2.17. The third kappa shape index (κ3) is 4.42. The molecule has 0 aliphatic carbocycles. The number of fused-ring (bicyclic) bond motifs is 1. The SMILES string of the molecule is CN1C(=O)C2C(SCC(=O)N3CCCCC3)NC(c3cccc(F)c3)NC2N(C)C1=O. The quantitative estimate of drug-likeness (QED) is 0.726. The average Bonchev–Trinajstić information content (AvgIpc) is 2.79. The lowest BCUT2D eigenvalue weighted by molar-refractivity contribution is -0.140. The number of imide groups is 1. The van der Waals surface area contributed by atoms with Crippen LogP contribution >= 0.6 is 11.8 Å². The van der Waals surface area contributed by atoms with Crippen molar-refractivity contribution >= 4 is 29.6 Å². The highest BCUT2D eigenvalue weighted by Gasteiger charge is 2.51. The van der Waals surface area contributed by atoms with Crippen LogP contribution in [0.5, 0.6) is 0 Å². The van der Waals surface area contributed by atoms with Gasteiger partial charge in [0.15, 0.2) is 0 Å². The number of hydrogen-bond acceptors (Lipinski definition) is 6. The first-order chi connectivity index (χ1) is 14.9. The molecule has 168 valence electrons. The van der Waals surface area contributed by atoms with E-state index in [1.807, 2.05) is 4.90 Å². The molecule has 0 spiro atoms. The Morgan fingerprint density at radius 2 is 1.90 bits per heavy atom. The van der Waals surface area contributed by atoms with E-state index in [-0.39, 0.29) is 23.4 Å². The van der Waals surface area contributed by atoms with Crippen molar-refractivity contribution in [3.8, 4) is 0 Å². The first-order valence-electron chi connectivity index (χ1n) is 10.6. The second-order valence-corrected chi connectivity index (χ2v) is 9.39. The van der Waals surface area contributed by atoms with E-state index >= 15 is 0 Å². The molecular formula is C21H28FN5O3S. The van der Waals surface area contributed by atoms with Crippen LogP contribution in [0.15, 0.2) is 24.3 Å². The first kappa shape index (κ1) is 22.0. The van der Waals surface area contributed by atoms with Crippen LogP contribution in [0.25, 0.3) is 0 Å². The van der Waals surface area contributed by atoms with Crippen LogP contribution in [0.2, 0.25) is 0 Å². The minimum atomic E-state index is -0.573. The van der Waals surface area contributed by atoms with Crippen molar-refractivity contribution in [2.75, 3.05) is 32.9 Å². The average molecular weight is 450 g/mol. The maximum absolute atomic E-state index is 13.8. The molecule has 3 aliphatic heterocycles. The van der Waals surface area contributed by atoms with Crippen molar-refractivity contribution < 1.29 is 18.8 Å². The van der Waals surface area contributed by atoms with Crippen molar-refractivity contribution in [1.29, 1.82) is 0 Å². The van der Waals surface area contributed by atoms with Gasteiger partial charge in [0, 0.05) is 27.2 Å². The Balaban J connectivity index is 1.56. The van der Waals surface area contributed by atoms with Crippen molar-refractivity contribution in [3.63, 3.8) is 0 Å². The molecule has 3 aliphatic rings.